The van der Waals surface area contributed by atoms with E-state index in [0.29, 0.717) is 17.1 Å². The van der Waals surface area contributed by atoms with Gasteiger partial charge in [0.1, 0.15) is 5.69 Å². The molecule has 0 aromatic carbocycles. The zero-order chi connectivity index (χ0) is 18.0. The summed E-state index contributed by atoms with van der Waals surface area (Å²) in [6.07, 6.45) is 6.08. The first-order valence-electron chi connectivity index (χ1n) is 8.58. The Hall–Kier alpha value is -2.64. The average Bonchev–Trinajstić information content (AvgIpc) is 3.28. The summed E-state index contributed by atoms with van der Waals surface area (Å²) in [5.74, 6) is -1.09. The van der Waals surface area contributed by atoms with Gasteiger partial charge < -0.3 is 10.4 Å². The zero-order valence-electron chi connectivity index (χ0n) is 14.5. The van der Waals surface area contributed by atoms with Gasteiger partial charge >= 0.3 is 5.97 Å². The minimum atomic E-state index is -0.876. The zero-order valence-corrected chi connectivity index (χ0v) is 14.5. The molecule has 0 atom stereocenters. The van der Waals surface area contributed by atoms with Crippen LogP contribution in [0.25, 0.3) is 0 Å². The largest absolute Gasteiger partial charge is 0.481 e. The minimum absolute atomic E-state index is 0.0101. The van der Waals surface area contributed by atoms with Gasteiger partial charge in [0.25, 0.3) is 5.91 Å². The number of aromatic nitrogens is 4. The fourth-order valence-corrected chi connectivity index (χ4v) is 3.41. The molecular formula is C17H23N5O3. The minimum Gasteiger partial charge on any atom is -0.481 e. The molecule has 8 nitrogen and oxygen atoms in total. The van der Waals surface area contributed by atoms with Gasteiger partial charge in [-0.05, 0) is 32.8 Å². The van der Waals surface area contributed by atoms with Crippen molar-refractivity contribution in [1.82, 2.24) is 19.6 Å². The molecule has 0 aliphatic heterocycles. The van der Waals surface area contributed by atoms with Crippen molar-refractivity contribution in [2.75, 3.05) is 5.32 Å². The van der Waals surface area contributed by atoms with Crippen molar-refractivity contribution in [1.29, 1.82) is 0 Å². The maximum atomic E-state index is 12.7. The van der Waals surface area contributed by atoms with Gasteiger partial charge in [-0.2, -0.15) is 10.2 Å². The Balaban J connectivity index is 1.77. The third-order valence-electron chi connectivity index (χ3n) is 4.73. The fraction of sp³-hybridized carbons (Fsp3) is 0.529. The third kappa shape index (κ3) is 3.57. The Bertz CT molecular complexity index is 786. The average molecular weight is 345 g/mol. The maximum Gasteiger partial charge on any atom is 0.305 e. The van der Waals surface area contributed by atoms with Gasteiger partial charge in [0.05, 0.1) is 36.1 Å². The molecule has 25 heavy (non-hydrogen) atoms. The predicted octanol–water partition coefficient (Wildman–Crippen LogP) is 2.54. The highest BCUT2D eigenvalue weighted by Crippen LogP contribution is 2.30. The molecule has 1 fully saturated rings. The third-order valence-corrected chi connectivity index (χ3v) is 4.73. The van der Waals surface area contributed by atoms with Gasteiger partial charge in [-0.25, -0.2) is 0 Å². The van der Waals surface area contributed by atoms with E-state index in [1.165, 1.54) is 12.8 Å². The van der Waals surface area contributed by atoms with Gasteiger partial charge in [0.2, 0.25) is 0 Å². The molecule has 0 saturated heterocycles. The van der Waals surface area contributed by atoms with Crippen LogP contribution >= 0.6 is 0 Å². The van der Waals surface area contributed by atoms with E-state index in [4.69, 9.17) is 5.11 Å². The van der Waals surface area contributed by atoms with Crippen LogP contribution in [-0.4, -0.2) is 36.5 Å². The number of hydrogen-bond acceptors (Lipinski definition) is 4. The van der Waals surface area contributed by atoms with Crippen molar-refractivity contribution in [3.05, 3.63) is 29.3 Å². The number of nitrogens with zero attached hydrogens (tertiary/aromatic N) is 4. The summed E-state index contributed by atoms with van der Waals surface area (Å²) in [6.45, 7) is 3.90. The molecule has 0 unspecified atom stereocenters. The molecule has 134 valence electrons. The Labute approximate surface area is 145 Å². The lowest BCUT2D eigenvalue weighted by atomic mass is 10.2. The van der Waals surface area contributed by atoms with Crippen LogP contribution in [0.4, 0.5) is 5.69 Å². The van der Waals surface area contributed by atoms with E-state index in [1.807, 2.05) is 11.6 Å². The molecule has 0 bridgehead atoms. The van der Waals surface area contributed by atoms with Crippen LogP contribution in [-0.2, 0) is 11.3 Å². The monoisotopic (exact) mass is 345 g/mol. The lowest BCUT2D eigenvalue weighted by Crippen LogP contribution is -2.20. The van der Waals surface area contributed by atoms with Crippen LogP contribution in [0.1, 0.15) is 60.0 Å². The number of carboxylic acids is 1. The Morgan fingerprint density at radius 1 is 1.32 bits per heavy atom. The van der Waals surface area contributed by atoms with Crippen LogP contribution in [0.2, 0.25) is 0 Å². The standard InChI is InChI=1S/C17H23N5O3/c1-11-16(12(2)21(20-11)10-8-15(23)24)19-17(25)14-7-9-18-22(14)13-5-3-4-6-13/h7,9,13H,3-6,8,10H2,1-2H3,(H,19,25)(H,23,24). The molecular weight excluding hydrogens is 322 g/mol. The van der Waals surface area contributed by atoms with Crippen molar-refractivity contribution in [3.63, 3.8) is 0 Å². The molecule has 8 heteroatoms. The highest BCUT2D eigenvalue weighted by Gasteiger charge is 2.24. The molecule has 0 spiro atoms. The second-order valence-electron chi connectivity index (χ2n) is 6.47. The second kappa shape index (κ2) is 7.08. The summed E-state index contributed by atoms with van der Waals surface area (Å²) < 4.78 is 3.44. The molecule has 2 N–H and O–H groups in total. The normalized spacial score (nSPS) is 14.8. The molecule has 3 rings (SSSR count). The number of aryl methyl sites for hydroxylation is 2. The number of amides is 1. The molecule has 1 aliphatic carbocycles. The summed E-state index contributed by atoms with van der Waals surface area (Å²) in [6, 6.07) is 2.02. The first-order chi connectivity index (χ1) is 12.0. The van der Waals surface area contributed by atoms with E-state index < -0.39 is 5.97 Å². The Morgan fingerprint density at radius 2 is 2.04 bits per heavy atom. The van der Waals surface area contributed by atoms with Crippen molar-refractivity contribution in [3.8, 4) is 0 Å². The van der Waals surface area contributed by atoms with Crippen LogP contribution in [0, 0.1) is 13.8 Å². The molecule has 1 aliphatic rings. The van der Waals surface area contributed by atoms with E-state index in [-0.39, 0.29) is 24.9 Å². The van der Waals surface area contributed by atoms with Crippen molar-refractivity contribution in [2.45, 2.75) is 58.5 Å². The van der Waals surface area contributed by atoms with Gasteiger partial charge in [0, 0.05) is 6.20 Å². The number of nitrogens with one attached hydrogen (secondary N) is 1. The van der Waals surface area contributed by atoms with Gasteiger partial charge in [-0.1, -0.05) is 12.8 Å². The lowest BCUT2D eigenvalue weighted by molar-refractivity contribution is -0.137. The summed E-state index contributed by atoms with van der Waals surface area (Å²) >= 11 is 0. The van der Waals surface area contributed by atoms with Gasteiger partial charge in [-0.15, -0.1) is 0 Å². The maximum absolute atomic E-state index is 12.7. The summed E-state index contributed by atoms with van der Waals surface area (Å²) in [7, 11) is 0. The number of anilines is 1. The summed E-state index contributed by atoms with van der Waals surface area (Å²) in [5.41, 5.74) is 2.60. The van der Waals surface area contributed by atoms with E-state index in [2.05, 4.69) is 15.5 Å². The number of hydrogen-bond donors (Lipinski definition) is 2. The number of aliphatic carboxylic acids is 1. The quantitative estimate of drug-likeness (QED) is 0.837. The molecule has 2 aromatic heterocycles. The topological polar surface area (TPSA) is 102 Å². The first-order valence-corrected chi connectivity index (χ1v) is 8.58. The van der Waals surface area contributed by atoms with Crippen molar-refractivity contribution < 1.29 is 14.7 Å². The molecule has 2 aromatic rings. The van der Waals surface area contributed by atoms with Gasteiger partial charge in [0.15, 0.2) is 0 Å². The number of rotatable bonds is 6. The second-order valence-corrected chi connectivity index (χ2v) is 6.47. The smallest absolute Gasteiger partial charge is 0.305 e. The number of carbonyl (C=O) groups excluding carboxylic acids is 1. The number of carboxylic acid groups (broad SMARTS) is 1. The van der Waals surface area contributed by atoms with Crippen LogP contribution in [0.3, 0.4) is 0 Å². The SMILES string of the molecule is Cc1nn(CCC(=O)O)c(C)c1NC(=O)c1ccnn1C1CCCC1. The molecule has 1 amide bonds. The van der Waals surface area contributed by atoms with E-state index in [0.717, 1.165) is 18.5 Å². The van der Waals surface area contributed by atoms with E-state index in [9.17, 15) is 9.59 Å². The van der Waals surface area contributed by atoms with E-state index >= 15 is 0 Å². The first kappa shape index (κ1) is 17.2. The Morgan fingerprint density at radius 3 is 2.72 bits per heavy atom. The van der Waals surface area contributed by atoms with Crippen LogP contribution in [0.15, 0.2) is 12.3 Å². The highest BCUT2D eigenvalue weighted by atomic mass is 16.4. The van der Waals surface area contributed by atoms with Crippen LogP contribution in [0.5, 0.6) is 0 Å². The molecule has 2 heterocycles. The summed E-state index contributed by atoms with van der Waals surface area (Å²) in [4.78, 5) is 23.5. The van der Waals surface area contributed by atoms with Gasteiger partial charge in [-0.3, -0.25) is 19.0 Å². The van der Waals surface area contributed by atoms with Crippen LogP contribution < -0.4 is 5.32 Å². The summed E-state index contributed by atoms with van der Waals surface area (Å²) in [5, 5.41) is 20.4. The number of carbonyl (C=O) groups is 2. The predicted molar refractivity (Wildman–Crippen MR) is 91.6 cm³/mol. The molecule has 1 saturated carbocycles. The molecule has 0 radical (unpaired) electrons. The Kier molecular flexibility index (Phi) is 4.87. The van der Waals surface area contributed by atoms with E-state index in [1.54, 1.807) is 23.9 Å². The fourth-order valence-electron chi connectivity index (χ4n) is 3.41. The highest BCUT2D eigenvalue weighted by molar-refractivity contribution is 6.03. The lowest BCUT2D eigenvalue weighted by Gasteiger charge is -2.14. The van der Waals surface area contributed by atoms with Crippen molar-refractivity contribution >= 4 is 17.6 Å². The van der Waals surface area contributed by atoms with Crippen molar-refractivity contribution in [2.24, 2.45) is 0 Å².